The molecule has 4 heteroatoms. The van der Waals surface area contributed by atoms with Gasteiger partial charge in [0.25, 0.3) is 0 Å². The van der Waals surface area contributed by atoms with Crippen molar-refractivity contribution < 1.29 is 4.79 Å². The first-order valence-electron chi connectivity index (χ1n) is 6.29. The number of benzene rings is 1. The summed E-state index contributed by atoms with van der Waals surface area (Å²) in [6.45, 7) is 3.45. The molecule has 0 fully saturated rings. The Hall–Kier alpha value is -2.36. The summed E-state index contributed by atoms with van der Waals surface area (Å²) in [6, 6.07) is 10.0. The average Bonchev–Trinajstić information content (AvgIpc) is 2.76. The van der Waals surface area contributed by atoms with Crippen LogP contribution in [0.5, 0.6) is 0 Å². The Balaban J connectivity index is 2.23. The van der Waals surface area contributed by atoms with Gasteiger partial charge >= 0.3 is 0 Å². The third-order valence-corrected chi connectivity index (χ3v) is 3.29. The first kappa shape index (κ1) is 11.7. The van der Waals surface area contributed by atoms with E-state index >= 15 is 0 Å². The summed E-state index contributed by atoms with van der Waals surface area (Å²) in [4.78, 5) is 19.0. The van der Waals surface area contributed by atoms with Crippen LogP contribution in [0.25, 0.3) is 21.8 Å². The number of rotatable bonds is 2. The molecule has 0 aliphatic rings. The Morgan fingerprint density at radius 2 is 2.05 bits per heavy atom. The van der Waals surface area contributed by atoms with Crippen molar-refractivity contribution in [2.24, 2.45) is 0 Å². The SMILES string of the molecule is CC(=O)NC(C)c1nccc2c1[nH]c1ccccc12. The van der Waals surface area contributed by atoms with Gasteiger partial charge in [-0.25, -0.2) is 0 Å². The smallest absolute Gasteiger partial charge is 0.217 e. The maximum Gasteiger partial charge on any atom is 0.217 e. The van der Waals surface area contributed by atoms with E-state index in [1.807, 2.05) is 31.2 Å². The molecule has 3 rings (SSSR count). The van der Waals surface area contributed by atoms with Gasteiger partial charge in [-0.2, -0.15) is 0 Å². The summed E-state index contributed by atoms with van der Waals surface area (Å²) in [6.07, 6.45) is 1.79. The Bertz CT molecular complexity index is 760. The number of carbonyl (C=O) groups is 1. The lowest BCUT2D eigenvalue weighted by Gasteiger charge is -2.12. The van der Waals surface area contributed by atoms with Gasteiger partial charge in [0.15, 0.2) is 0 Å². The maximum absolute atomic E-state index is 11.2. The van der Waals surface area contributed by atoms with Gasteiger partial charge < -0.3 is 10.3 Å². The molecule has 0 saturated heterocycles. The van der Waals surface area contributed by atoms with Crippen molar-refractivity contribution in [3.05, 3.63) is 42.2 Å². The number of H-pyrrole nitrogens is 1. The average molecular weight is 253 g/mol. The molecule has 96 valence electrons. The minimum absolute atomic E-state index is 0.0533. The van der Waals surface area contributed by atoms with Crippen LogP contribution < -0.4 is 5.32 Å². The van der Waals surface area contributed by atoms with Crippen molar-refractivity contribution in [2.75, 3.05) is 0 Å². The summed E-state index contributed by atoms with van der Waals surface area (Å²) in [7, 11) is 0. The van der Waals surface area contributed by atoms with Crippen LogP contribution in [0.1, 0.15) is 25.6 Å². The predicted octanol–water partition coefficient (Wildman–Crippen LogP) is 2.91. The number of fused-ring (bicyclic) bond motifs is 3. The molecule has 3 aromatic rings. The van der Waals surface area contributed by atoms with Gasteiger partial charge in [-0.1, -0.05) is 18.2 Å². The molecule has 1 unspecified atom stereocenters. The Labute approximate surface area is 110 Å². The van der Waals surface area contributed by atoms with Gasteiger partial charge in [-0.3, -0.25) is 9.78 Å². The molecular weight excluding hydrogens is 238 g/mol. The third kappa shape index (κ3) is 1.95. The molecule has 0 aliphatic heterocycles. The fraction of sp³-hybridized carbons (Fsp3) is 0.200. The number of carbonyl (C=O) groups excluding carboxylic acids is 1. The zero-order valence-corrected chi connectivity index (χ0v) is 10.9. The lowest BCUT2D eigenvalue weighted by atomic mass is 10.1. The highest BCUT2D eigenvalue weighted by atomic mass is 16.1. The summed E-state index contributed by atoms with van der Waals surface area (Å²) < 4.78 is 0. The fourth-order valence-corrected chi connectivity index (χ4v) is 2.50. The molecule has 19 heavy (non-hydrogen) atoms. The van der Waals surface area contributed by atoms with E-state index < -0.39 is 0 Å². The van der Waals surface area contributed by atoms with Gasteiger partial charge in [0, 0.05) is 29.4 Å². The second kappa shape index (κ2) is 4.39. The van der Waals surface area contributed by atoms with E-state index in [4.69, 9.17) is 0 Å². The van der Waals surface area contributed by atoms with Crippen LogP contribution in [-0.2, 0) is 4.79 Å². The van der Waals surface area contributed by atoms with Gasteiger partial charge in [0.2, 0.25) is 5.91 Å². The highest BCUT2D eigenvalue weighted by molar-refractivity contribution is 6.07. The van der Waals surface area contributed by atoms with Crippen molar-refractivity contribution >= 4 is 27.7 Å². The van der Waals surface area contributed by atoms with E-state index in [1.165, 1.54) is 12.3 Å². The van der Waals surface area contributed by atoms with Gasteiger partial charge in [0.1, 0.15) is 0 Å². The molecule has 4 nitrogen and oxygen atoms in total. The first-order valence-corrected chi connectivity index (χ1v) is 6.29. The zero-order valence-electron chi connectivity index (χ0n) is 10.9. The van der Waals surface area contributed by atoms with Crippen molar-refractivity contribution in [1.29, 1.82) is 0 Å². The van der Waals surface area contributed by atoms with Crippen molar-refractivity contribution in [2.45, 2.75) is 19.9 Å². The Morgan fingerprint density at radius 3 is 2.84 bits per heavy atom. The number of hydrogen-bond acceptors (Lipinski definition) is 2. The van der Waals surface area contributed by atoms with Crippen LogP contribution in [0.3, 0.4) is 0 Å². The van der Waals surface area contributed by atoms with E-state index in [0.717, 1.165) is 22.1 Å². The van der Waals surface area contributed by atoms with E-state index in [0.29, 0.717) is 0 Å². The van der Waals surface area contributed by atoms with Crippen LogP contribution in [0.4, 0.5) is 0 Å². The van der Waals surface area contributed by atoms with E-state index in [2.05, 4.69) is 21.4 Å². The van der Waals surface area contributed by atoms with Gasteiger partial charge in [-0.15, -0.1) is 0 Å². The molecule has 0 bridgehead atoms. The number of aromatic nitrogens is 2. The second-order valence-corrected chi connectivity index (χ2v) is 4.71. The molecule has 2 N–H and O–H groups in total. The minimum Gasteiger partial charge on any atom is -0.353 e. The third-order valence-electron chi connectivity index (χ3n) is 3.29. The van der Waals surface area contributed by atoms with Crippen molar-refractivity contribution in [3.8, 4) is 0 Å². The Kier molecular flexibility index (Phi) is 2.71. The van der Waals surface area contributed by atoms with Crippen LogP contribution >= 0.6 is 0 Å². The molecule has 0 radical (unpaired) electrons. The lowest BCUT2D eigenvalue weighted by Crippen LogP contribution is -2.24. The highest BCUT2D eigenvalue weighted by Crippen LogP contribution is 2.28. The van der Waals surface area contributed by atoms with E-state index in [-0.39, 0.29) is 11.9 Å². The van der Waals surface area contributed by atoms with Crippen LogP contribution in [0.2, 0.25) is 0 Å². The molecule has 0 saturated carbocycles. The molecule has 2 aromatic heterocycles. The van der Waals surface area contributed by atoms with Crippen LogP contribution in [-0.4, -0.2) is 15.9 Å². The molecule has 1 amide bonds. The van der Waals surface area contributed by atoms with Crippen molar-refractivity contribution in [1.82, 2.24) is 15.3 Å². The molecule has 1 atom stereocenters. The number of aromatic amines is 1. The monoisotopic (exact) mass is 253 g/mol. The standard InChI is InChI=1S/C15H15N3O/c1-9(17-10(2)19)14-15-12(7-8-16-14)11-5-3-4-6-13(11)18-15/h3-9,18H,1-2H3,(H,17,19). The quantitative estimate of drug-likeness (QED) is 0.737. The predicted molar refractivity (Wildman–Crippen MR) is 75.8 cm³/mol. The minimum atomic E-state index is -0.116. The molecule has 0 spiro atoms. The number of nitrogens with zero attached hydrogens (tertiary/aromatic N) is 1. The lowest BCUT2D eigenvalue weighted by molar-refractivity contribution is -0.119. The van der Waals surface area contributed by atoms with E-state index in [1.54, 1.807) is 6.20 Å². The molecule has 1 aromatic carbocycles. The number of para-hydroxylation sites is 1. The molecule has 2 heterocycles. The summed E-state index contributed by atoms with van der Waals surface area (Å²) in [5.41, 5.74) is 2.94. The molecule has 0 aliphatic carbocycles. The summed E-state index contributed by atoms with van der Waals surface area (Å²) >= 11 is 0. The zero-order chi connectivity index (χ0) is 13.4. The molecular formula is C15H15N3O. The second-order valence-electron chi connectivity index (χ2n) is 4.71. The van der Waals surface area contributed by atoms with E-state index in [9.17, 15) is 4.79 Å². The van der Waals surface area contributed by atoms with Gasteiger partial charge in [-0.05, 0) is 19.1 Å². The first-order chi connectivity index (χ1) is 9.16. The number of nitrogens with one attached hydrogen (secondary N) is 2. The largest absolute Gasteiger partial charge is 0.353 e. The summed E-state index contributed by atoms with van der Waals surface area (Å²) in [5, 5.41) is 5.19. The number of amides is 1. The Morgan fingerprint density at radius 1 is 1.26 bits per heavy atom. The van der Waals surface area contributed by atoms with Crippen molar-refractivity contribution in [3.63, 3.8) is 0 Å². The normalized spacial score (nSPS) is 12.7. The van der Waals surface area contributed by atoms with Crippen LogP contribution in [0.15, 0.2) is 36.5 Å². The number of hydrogen-bond donors (Lipinski definition) is 2. The summed E-state index contributed by atoms with van der Waals surface area (Å²) in [5.74, 6) is -0.0533. The van der Waals surface area contributed by atoms with Crippen LogP contribution in [0, 0.1) is 0 Å². The highest BCUT2D eigenvalue weighted by Gasteiger charge is 2.14. The van der Waals surface area contributed by atoms with Gasteiger partial charge in [0.05, 0.1) is 17.3 Å². The fourth-order valence-electron chi connectivity index (χ4n) is 2.50. The number of pyridine rings is 1. The topological polar surface area (TPSA) is 57.8 Å². The maximum atomic E-state index is 11.2.